The van der Waals surface area contributed by atoms with Crippen LogP contribution in [0.2, 0.25) is 0 Å². The molecule has 0 N–H and O–H groups in total. The fourth-order valence-corrected chi connectivity index (χ4v) is 1.98. The summed E-state index contributed by atoms with van der Waals surface area (Å²) in [5, 5.41) is 8.74. The van der Waals surface area contributed by atoms with E-state index in [2.05, 4.69) is 0 Å². The lowest BCUT2D eigenvalue weighted by Gasteiger charge is -2.29. The first-order chi connectivity index (χ1) is 8.90. The van der Waals surface area contributed by atoms with Crippen LogP contribution in [0.4, 0.5) is 23.2 Å². The molecule has 1 heterocycles. The van der Waals surface area contributed by atoms with Crippen LogP contribution < -0.4 is 4.90 Å². The van der Waals surface area contributed by atoms with Crippen molar-refractivity contribution in [3.05, 3.63) is 41.2 Å². The molecule has 0 fully saturated rings. The number of hydrogen-bond donors (Lipinski definition) is 0. The molecule has 0 saturated heterocycles. The molecule has 0 atom stereocenters. The maximum Gasteiger partial charge on any atom is 0.412 e. The number of halogens is 4. The molecular weight excluding hydrogens is 260 g/mol. The maximum absolute atomic E-state index is 13.3. The van der Waals surface area contributed by atoms with Crippen LogP contribution in [-0.4, -0.2) is 19.3 Å². The molecule has 100 valence electrons. The van der Waals surface area contributed by atoms with Crippen LogP contribution in [0.25, 0.3) is 0 Å². The highest BCUT2D eigenvalue weighted by molar-refractivity contribution is 5.53. The van der Waals surface area contributed by atoms with E-state index in [1.165, 1.54) is 12.1 Å². The normalized spacial score (nSPS) is 15.9. The van der Waals surface area contributed by atoms with Gasteiger partial charge in [0.25, 0.3) is 0 Å². The van der Waals surface area contributed by atoms with Crippen LogP contribution in [0.1, 0.15) is 12.0 Å². The van der Waals surface area contributed by atoms with Gasteiger partial charge in [-0.15, -0.1) is 0 Å². The molecule has 2 rings (SSSR count). The molecule has 0 aromatic heterocycles. The smallest absolute Gasteiger partial charge is 0.367 e. The highest BCUT2D eigenvalue weighted by Crippen LogP contribution is 2.31. The van der Waals surface area contributed by atoms with Gasteiger partial charge in [-0.1, -0.05) is 6.08 Å². The summed E-state index contributed by atoms with van der Waals surface area (Å²) >= 11 is 0. The van der Waals surface area contributed by atoms with E-state index in [-0.39, 0.29) is 25.1 Å². The fraction of sp³-hybridized carbons (Fsp3) is 0.308. The maximum atomic E-state index is 13.3. The standard InChI is InChI=1S/C13H10F4N2/c14-11-5-9(8-18)6-12(7-11)19-3-1-10(2-4-19)13(15,16)17/h1,5-7H,2-4H2. The number of nitrogens with zero attached hydrogens (tertiary/aromatic N) is 2. The van der Waals surface area contributed by atoms with Gasteiger partial charge in [0.05, 0.1) is 11.6 Å². The van der Waals surface area contributed by atoms with Crippen LogP contribution in [-0.2, 0) is 0 Å². The highest BCUT2D eigenvalue weighted by Gasteiger charge is 2.34. The first-order valence-corrected chi connectivity index (χ1v) is 5.62. The first-order valence-electron chi connectivity index (χ1n) is 5.62. The van der Waals surface area contributed by atoms with Crippen molar-refractivity contribution in [2.24, 2.45) is 0 Å². The van der Waals surface area contributed by atoms with Crippen molar-refractivity contribution in [1.29, 1.82) is 5.26 Å². The largest absolute Gasteiger partial charge is 0.412 e. The summed E-state index contributed by atoms with van der Waals surface area (Å²) in [6, 6.07) is 5.59. The Morgan fingerprint density at radius 2 is 1.95 bits per heavy atom. The van der Waals surface area contributed by atoms with Gasteiger partial charge in [0.2, 0.25) is 0 Å². The molecule has 0 spiro atoms. The van der Waals surface area contributed by atoms with E-state index in [0.29, 0.717) is 5.69 Å². The van der Waals surface area contributed by atoms with E-state index in [4.69, 9.17) is 5.26 Å². The van der Waals surface area contributed by atoms with Crippen LogP contribution in [0.5, 0.6) is 0 Å². The zero-order valence-electron chi connectivity index (χ0n) is 9.84. The molecule has 2 nitrogen and oxygen atoms in total. The molecule has 19 heavy (non-hydrogen) atoms. The van der Waals surface area contributed by atoms with Gasteiger partial charge in [0, 0.05) is 24.4 Å². The molecule has 0 unspecified atom stereocenters. The predicted octanol–water partition coefficient (Wildman–Crippen LogP) is 3.40. The van der Waals surface area contributed by atoms with Crippen LogP contribution in [0.15, 0.2) is 29.8 Å². The number of anilines is 1. The zero-order chi connectivity index (χ0) is 14.0. The van der Waals surface area contributed by atoms with Crippen molar-refractivity contribution in [2.75, 3.05) is 18.0 Å². The van der Waals surface area contributed by atoms with Gasteiger partial charge in [-0.2, -0.15) is 18.4 Å². The average molecular weight is 270 g/mol. The molecule has 1 aromatic rings. The number of benzene rings is 1. The van der Waals surface area contributed by atoms with Crippen molar-refractivity contribution < 1.29 is 17.6 Å². The minimum atomic E-state index is -4.30. The SMILES string of the molecule is N#Cc1cc(F)cc(N2CC=C(C(F)(F)F)CC2)c1. The summed E-state index contributed by atoms with van der Waals surface area (Å²) in [4.78, 5) is 1.61. The zero-order valence-corrected chi connectivity index (χ0v) is 9.84. The third-order valence-electron chi connectivity index (χ3n) is 2.95. The summed E-state index contributed by atoms with van der Waals surface area (Å²) in [5.41, 5.74) is 0.0234. The molecular formula is C13H10F4N2. The summed E-state index contributed by atoms with van der Waals surface area (Å²) in [7, 11) is 0. The topological polar surface area (TPSA) is 27.0 Å². The van der Waals surface area contributed by atoms with E-state index >= 15 is 0 Å². The summed E-state index contributed by atoms with van der Waals surface area (Å²) in [5.74, 6) is -0.570. The lowest BCUT2D eigenvalue weighted by Crippen LogP contribution is -2.31. The molecule has 1 aliphatic heterocycles. The van der Waals surface area contributed by atoms with Crippen LogP contribution in [0, 0.1) is 17.1 Å². The average Bonchev–Trinajstić information content (AvgIpc) is 2.37. The molecule has 0 saturated carbocycles. The molecule has 1 aliphatic rings. The third kappa shape index (κ3) is 3.05. The Kier molecular flexibility index (Phi) is 3.47. The van der Waals surface area contributed by atoms with Crippen LogP contribution in [0.3, 0.4) is 0 Å². The Bertz CT molecular complexity index is 555. The van der Waals surface area contributed by atoms with E-state index in [0.717, 1.165) is 12.1 Å². The predicted molar refractivity (Wildman–Crippen MR) is 62.1 cm³/mol. The van der Waals surface area contributed by atoms with Crippen molar-refractivity contribution in [2.45, 2.75) is 12.6 Å². The molecule has 0 radical (unpaired) electrons. The van der Waals surface area contributed by atoms with Gasteiger partial charge in [-0.3, -0.25) is 0 Å². The Labute approximate surface area is 107 Å². The Morgan fingerprint density at radius 1 is 1.21 bits per heavy atom. The van der Waals surface area contributed by atoms with E-state index in [1.807, 2.05) is 6.07 Å². The molecule has 0 aliphatic carbocycles. The number of alkyl halides is 3. The molecule has 1 aromatic carbocycles. The van der Waals surface area contributed by atoms with Gasteiger partial charge < -0.3 is 4.90 Å². The first kappa shape index (κ1) is 13.4. The lowest BCUT2D eigenvalue weighted by atomic mass is 10.1. The molecule has 6 heteroatoms. The monoisotopic (exact) mass is 270 g/mol. The third-order valence-corrected chi connectivity index (χ3v) is 2.95. The Hall–Kier alpha value is -2.03. The molecule has 0 bridgehead atoms. The number of hydrogen-bond acceptors (Lipinski definition) is 2. The van der Waals surface area contributed by atoms with Gasteiger partial charge >= 0.3 is 6.18 Å². The Balaban J connectivity index is 2.21. The Morgan fingerprint density at radius 3 is 2.47 bits per heavy atom. The second-order valence-electron chi connectivity index (χ2n) is 4.23. The summed E-state index contributed by atoms with van der Waals surface area (Å²) in [6.45, 7) is 0.211. The quantitative estimate of drug-likeness (QED) is 0.577. The summed E-state index contributed by atoms with van der Waals surface area (Å²) < 4.78 is 50.7. The van der Waals surface area contributed by atoms with E-state index < -0.39 is 17.6 Å². The minimum Gasteiger partial charge on any atom is -0.367 e. The van der Waals surface area contributed by atoms with Crippen molar-refractivity contribution in [1.82, 2.24) is 0 Å². The second kappa shape index (κ2) is 4.92. The van der Waals surface area contributed by atoms with Crippen molar-refractivity contribution in [3.8, 4) is 6.07 Å². The van der Waals surface area contributed by atoms with Gasteiger partial charge in [0.1, 0.15) is 5.82 Å². The fourth-order valence-electron chi connectivity index (χ4n) is 1.98. The second-order valence-corrected chi connectivity index (χ2v) is 4.23. The van der Waals surface area contributed by atoms with Crippen LogP contribution >= 0.6 is 0 Å². The number of nitriles is 1. The van der Waals surface area contributed by atoms with Gasteiger partial charge in [0.15, 0.2) is 0 Å². The molecule has 0 amide bonds. The van der Waals surface area contributed by atoms with Crippen molar-refractivity contribution >= 4 is 5.69 Å². The highest BCUT2D eigenvalue weighted by atomic mass is 19.4. The minimum absolute atomic E-state index is 0.0587. The lowest BCUT2D eigenvalue weighted by molar-refractivity contribution is -0.0943. The van der Waals surface area contributed by atoms with E-state index in [9.17, 15) is 17.6 Å². The van der Waals surface area contributed by atoms with E-state index in [1.54, 1.807) is 4.90 Å². The summed E-state index contributed by atoms with van der Waals surface area (Å²) in [6.07, 6.45) is -3.34. The van der Waals surface area contributed by atoms with Gasteiger partial charge in [-0.25, -0.2) is 4.39 Å². The van der Waals surface area contributed by atoms with Gasteiger partial charge in [-0.05, 0) is 24.6 Å². The van der Waals surface area contributed by atoms with Crippen molar-refractivity contribution in [3.63, 3.8) is 0 Å². The number of rotatable bonds is 1.